The topological polar surface area (TPSA) is 30.3 Å². The van der Waals surface area contributed by atoms with Crippen molar-refractivity contribution in [2.24, 2.45) is 0 Å². The third kappa shape index (κ3) is 2.92. The highest BCUT2D eigenvalue weighted by Gasteiger charge is 2.21. The monoisotopic (exact) mass is 271 g/mol. The van der Waals surface area contributed by atoms with E-state index in [1.165, 1.54) is 5.69 Å². The van der Waals surface area contributed by atoms with Gasteiger partial charge in [-0.1, -0.05) is 6.07 Å². The van der Waals surface area contributed by atoms with E-state index < -0.39 is 0 Å². The first kappa shape index (κ1) is 13.3. The zero-order valence-electron chi connectivity index (χ0n) is 12.1. The molecule has 0 unspecified atom stereocenters. The Balaban J connectivity index is 1.79. The fourth-order valence-corrected chi connectivity index (χ4v) is 2.82. The summed E-state index contributed by atoms with van der Waals surface area (Å²) in [5.74, 6) is 0. The van der Waals surface area contributed by atoms with E-state index in [1.54, 1.807) is 7.11 Å². The summed E-state index contributed by atoms with van der Waals surface area (Å²) in [4.78, 5) is 7.01. The minimum absolute atomic E-state index is 0.230. The van der Waals surface area contributed by atoms with Gasteiger partial charge in [0.2, 0.25) is 0 Å². The van der Waals surface area contributed by atoms with Crippen LogP contribution in [0.2, 0.25) is 0 Å². The van der Waals surface area contributed by atoms with Gasteiger partial charge in [0.05, 0.1) is 11.8 Å². The maximum atomic E-state index is 5.61. The van der Waals surface area contributed by atoms with Crippen molar-refractivity contribution in [3.63, 3.8) is 0 Å². The molecule has 1 aliphatic heterocycles. The number of rotatable bonds is 3. The van der Waals surface area contributed by atoms with Gasteiger partial charge in [-0.15, -0.1) is 0 Å². The van der Waals surface area contributed by atoms with Gasteiger partial charge in [-0.05, 0) is 31.2 Å². The molecule has 2 aromatic rings. The molecule has 0 spiro atoms. The van der Waals surface area contributed by atoms with Gasteiger partial charge in [0.25, 0.3) is 0 Å². The summed E-state index contributed by atoms with van der Waals surface area (Å²) in [5.41, 5.74) is 3.54. The van der Waals surface area contributed by atoms with Crippen LogP contribution >= 0.6 is 0 Å². The average molecular weight is 271 g/mol. The van der Waals surface area contributed by atoms with Gasteiger partial charge in [0, 0.05) is 50.9 Å². The Kier molecular flexibility index (Phi) is 3.85. The number of hydrogen-bond acceptors (Lipinski definition) is 3. The SMILES string of the molecule is CO[C@H]1CN(Cc2cccc(C)n2)Cc2cccn2C1. The maximum Gasteiger partial charge on any atom is 0.0876 e. The van der Waals surface area contributed by atoms with Crippen LogP contribution in [-0.2, 0) is 24.4 Å². The summed E-state index contributed by atoms with van der Waals surface area (Å²) in [6.45, 7) is 5.72. The maximum absolute atomic E-state index is 5.61. The molecule has 4 nitrogen and oxygen atoms in total. The Labute approximate surface area is 120 Å². The van der Waals surface area contributed by atoms with Crippen LogP contribution in [0.1, 0.15) is 17.1 Å². The van der Waals surface area contributed by atoms with Gasteiger partial charge < -0.3 is 9.30 Å². The first-order valence-corrected chi connectivity index (χ1v) is 7.06. The number of fused-ring (bicyclic) bond motifs is 1. The highest BCUT2D eigenvalue weighted by Crippen LogP contribution is 2.16. The van der Waals surface area contributed by atoms with Gasteiger partial charge in [-0.25, -0.2) is 0 Å². The van der Waals surface area contributed by atoms with Crippen molar-refractivity contribution < 1.29 is 4.74 Å². The molecule has 1 aliphatic rings. The number of aryl methyl sites for hydroxylation is 1. The summed E-state index contributed by atoms with van der Waals surface area (Å²) >= 11 is 0. The second kappa shape index (κ2) is 5.77. The summed E-state index contributed by atoms with van der Waals surface area (Å²) in [6.07, 6.45) is 2.36. The molecule has 2 aromatic heterocycles. The third-order valence-electron chi connectivity index (χ3n) is 3.84. The molecule has 0 bridgehead atoms. The fourth-order valence-electron chi connectivity index (χ4n) is 2.82. The highest BCUT2D eigenvalue weighted by molar-refractivity contribution is 5.12. The molecule has 3 heterocycles. The van der Waals surface area contributed by atoms with E-state index in [-0.39, 0.29) is 6.10 Å². The molecule has 0 N–H and O–H groups in total. The molecule has 3 rings (SSSR count). The lowest BCUT2D eigenvalue weighted by molar-refractivity contribution is 0.0562. The Hall–Kier alpha value is -1.65. The molecule has 0 saturated carbocycles. The van der Waals surface area contributed by atoms with Crippen LogP contribution in [0, 0.1) is 6.92 Å². The smallest absolute Gasteiger partial charge is 0.0876 e. The normalized spacial score (nSPS) is 19.6. The zero-order valence-corrected chi connectivity index (χ0v) is 12.1. The molecular weight excluding hydrogens is 250 g/mol. The minimum atomic E-state index is 0.230. The predicted octanol–water partition coefficient (Wildman–Crippen LogP) is 2.22. The van der Waals surface area contributed by atoms with Crippen LogP contribution in [-0.4, -0.2) is 34.2 Å². The molecule has 1 atom stereocenters. The first-order valence-electron chi connectivity index (χ1n) is 7.06. The van der Waals surface area contributed by atoms with Gasteiger partial charge in [-0.2, -0.15) is 0 Å². The summed E-state index contributed by atoms with van der Waals surface area (Å²) in [5, 5.41) is 0. The van der Waals surface area contributed by atoms with E-state index in [4.69, 9.17) is 4.74 Å². The predicted molar refractivity (Wildman–Crippen MR) is 78.3 cm³/mol. The molecule has 4 heteroatoms. The Morgan fingerprint density at radius 3 is 2.95 bits per heavy atom. The van der Waals surface area contributed by atoms with Crippen molar-refractivity contribution in [2.75, 3.05) is 13.7 Å². The number of ether oxygens (including phenoxy) is 1. The number of aromatic nitrogens is 2. The van der Waals surface area contributed by atoms with Crippen molar-refractivity contribution in [2.45, 2.75) is 32.7 Å². The van der Waals surface area contributed by atoms with E-state index in [0.717, 1.165) is 37.6 Å². The molecule has 0 amide bonds. The van der Waals surface area contributed by atoms with Crippen molar-refractivity contribution >= 4 is 0 Å². The third-order valence-corrected chi connectivity index (χ3v) is 3.84. The van der Waals surface area contributed by atoms with Crippen molar-refractivity contribution in [3.8, 4) is 0 Å². The molecule has 0 aromatic carbocycles. The summed E-state index contributed by atoms with van der Waals surface area (Å²) in [7, 11) is 1.79. The summed E-state index contributed by atoms with van der Waals surface area (Å²) < 4.78 is 7.90. The minimum Gasteiger partial charge on any atom is -0.378 e. The lowest BCUT2D eigenvalue weighted by atomic mass is 10.2. The number of nitrogens with zero attached hydrogens (tertiary/aromatic N) is 3. The van der Waals surface area contributed by atoms with Crippen LogP contribution in [0.5, 0.6) is 0 Å². The van der Waals surface area contributed by atoms with Gasteiger partial charge in [0.1, 0.15) is 0 Å². The Morgan fingerprint density at radius 2 is 2.15 bits per heavy atom. The summed E-state index contributed by atoms with van der Waals surface area (Å²) in [6, 6.07) is 10.5. The molecular formula is C16H21N3O. The fraction of sp³-hybridized carbons (Fsp3) is 0.438. The average Bonchev–Trinajstić information content (AvgIpc) is 2.78. The Bertz CT molecular complexity index is 579. The van der Waals surface area contributed by atoms with Gasteiger partial charge in [-0.3, -0.25) is 9.88 Å². The molecule has 0 fully saturated rings. The molecule has 0 saturated heterocycles. The number of methoxy groups -OCH3 is 1. The molecule has 106 valence electrons. The van der Waals surface area contributed by atoms with Crippen molar-refractivity contribution in [3.05, 3.63) is 53.6 Å². The van der Waals surface area contributed by atoms with Crippen molar-refractivity contribution in [1.82, 2.24) is 14.5 Å². The second-order valence-corrected chi connectivity index (χ2v) is 5.45. The van der Waals surface area contributed by atoms with Crippen LogP contribution in [0.4, 0.5) is 0 Å². The van der Waals surface area contributed by atoms with Gasteiger partial charge in [0.15, 0.2) is 0 Å². The van der Waals surface area contributed by atoms with E-state index in [0.29, 0.717) is 0 Å². The van der Waals surface area contributed by atoms with Crippen LogP contribution in [0.25, 0.3) is 0 Å². The molecule has 20 heavy (non-hydrogen) atoms. The quantitative estimate of drug-likeness (QED) is 0.857. The largest absolute Gasteiger partial charge is 0.378 e. The highest BCUT2D eigenvalue weighted by atomic mass is 16.5. The van der Waals surface area contributed by atoms with E-state index in [2.05, 4.69) is 44.9 Å². The van der Waals surface area contributed by atoms with Crippen LogP contribution in [0.3, 0.4) is 0 Å². The van der Waals surface area contributed by atoms with E-state index >= 15 is 0 Å². The number of hydrogen-bond donors (Lipinski definition) is 0. The van der Waals surface area contributed by atoms with Crippen LogP contribution in [0.15, 0.2) is 36.5 Å². The Morgan fingerprint density at radius 1 is 1.25 bits per heavy atom. The second-order valence-electron chi connectivity index (χ2n) is 5.45. The lowest BCUT2D eigenvalue weighted by Gasteiger charge is -2.22. The van der Waals surface area contributed by atoms with Crippen LogP contribution < -0.4 is 0 Å². The first-order chi connectivity index (χ1) is 9.74. The standard InChI is InChI=1S/C16H21N3O/c1-13-5-3-6-14(17-13)9-18-10-15-7-4-8-19(15)12-16(11-18)20-2/h3-8,16H,9-12H2,1-2H3/t16-/m0/s1. The zero-order chi connectivity index (χ0) is 13.9. The number of pyridine rings is 1. The lowest BCUT2D eigenvalue weighted by Crippen LogP contribution is -2.32. The van der Waals surface area contributed by atoms with Crippen molar-refractivity contribution in [1.29, 1.82) is 0 Å². The molecule has 0 radical (unpaired) electrons. The van der Waals surface area contributed by atoms with E-state index in [9.17, 15) is 0 Å². The van der Waals surface area contributed by atoms with Gasteiger partial charge >= 0.3 is 0 Å². The van der Waals surface area contributed by atoms with E-state index in [1.807, 2.05) is 13.0 Å². The molecule has 0 aliphatic carbocycles.